The molecule has 0 fully saturated rings. The maximum Gasteiger partial charge on any atom is 0.387 e. The lowest BCUT2D eigenvalue weighted by molar-refractivity contribution is -0.0498. The highest BCUT2D eigenvalue weighted by molar-refractivity contribution is 6.35. The number of rotatable bonds is 4. The van der Waals surface area contributed by atoms with Crippen molar-refractivity contribution in [2.45, 2.75) is 6.61 Å². The molecule has 5 nitrogen and oxygen atoms in total. The first-order valence-electron chi connectivity index (χ1n) is 5.63. The molecule has 0 unspecified atom stereocenters. The van der Waals surface area contributed by atoms with E-state index in [4.69, 9.17) is 22.4 Å². The Labute approximate surface area is 122 Å². The lowest BCUT2D eigenvalue weighted by atomic mass is 10.1. The van der Waals surface area contributed by atoms with Gasteiger partial charge in [-0.25, -0.2) is 9.78 Å². The van der Waals surface area contributed by atoms with Gasteiger partial charge in [-0.15, -0.1) is 0 Å². The van der Waals surface area contributed by atoms with Crippen LogP contribution < -0.4 is 10.5 Å². The number of carbonyl (C=O) groups is 1. The number of nitrogen functional groups attached to an aromatic ring is 1. The van der Waals surface area contributed by atoms with Gasteiger partial charge in [0, 0.05) is 5.56 Å². The van der Waals surface area contributed by atoms with Crippen LogP contribution in [0.3, 0.4) is 0 Å². The number of nitrogens with zero attached hydrogens (tertiary/aromatic N) is 1. The molecule has 0 atom stereocenters. The molecule has 0 bridgehead atoms. The van der Waals surface area contributed by atoms with E-state index in [0.717, 1.165) is 0 Å². The van der Waals surface area contributed by atoms with Gasteiger partial charge in [0.15, 0.2) is 5.69 Å². The number of pyridine rings is 1. The molecule has 1 aromatic heterocycles. The number of benzene rings is 1. The minimum Gasteiger partial charge on any atom is -0.476 e. The summed E-state index contributed by atoms with van der Waals surface area (Å²) in [5.41, 5.74) is 6.07. The van der Waals surface area contributed by atoms with Crippen LogP contribution in [0.2, 0.25) is 5.02 Å². The summed E-state index contributed by atoms with van der Waals surface area (Å²) in [5.74, 6) is -1.33. The van der Waals surface area contributed by atoms with E-state index in [2.05, 4.69) is 9.72 Å². The van der Waals surface area contributed by atoms with Gasteiger partial charge < -0.3 is 15.6 Å². The Morgan fingerprint density at radius 2 is 1.95 bits per heavy atom. The zero-order valence-corrected chi connectivity index (χ0v) is 11.1. The van der Waals surface area contributed by atoms with Crippen molar-refractivity contribution < 1.29 is 23.4 Å². The fourth-order valence-electron chi connectivity index (χ4n) is 1.65. The molecule has 1 heterocycles. The van der Waals surface area contributed by atoms with E-state index in [1.807, 2.05) is 0 Å². The zero-order valence-electron chi connectivity index (χ0n) is 10.4. The quantitative estimate of drug-likeness (QED) is 0.904. The van der Waals surface area contributed by atoms with Gasteiger partial charge in [0.1, 0.15) is 5.75 Å². The molecule has 8 heteroatoms. The Morgan fingerprint density at radius 1 is 1.33 bits per heavy atom. The lowest BCUT2D eigenvalue weighted by Crippen LogP contribution is -2.05. The Balaban J connectivity index is 2.40. The molecular weight excluding hydrogens is 306 g/mol. The summed E-state index contributed by atoms with van der Waals surface area (Å²) < 4.78 is 28.3. The van der Waals surface area contributed by atoms with Crippen LogP contribution in [0, 0.1) is 0 Å². The molecule has 1 aromatic carbocycles. The van der Waals surface area contributed by atoms with E-state index < -0.39 is 12.6 Å². The van der Waals surface area contributed by atoms with E-state index in [1.165, 1.54) is 30.3 Å². The Morgan fingerprint density at radius 3 is 2.48 bits per heavy atom. The van der Waals surface area contributed by atoms with E-state index in [-0.39, 0.29) is 27.8 Å². The third-order valence-corrected chi connectivity index (χ3v) is 2.96. The third-order valence-electron chi connectivity index (χ3n) is 2.56. The molecule has 0 aliphatic carbocycles. The smallest absolute Gasteiger partial charge is 0.387 e. The average Bonchev–Trinajstić information content (AvgIpc) is 2.41. The van der Waals surface area contributed by atoms with Crippen LogP contribution >= 0.6 is 11.6 Å². The number of nitrogens with two attached hydrogens (primary N) is 1. The molecule has 0 saturated heterocycles. The number of halogens is 3. The minimum absolute atomic E-state index is 0.0193. The Hall–Kier alpha value is -2.41. The molecule has 0 spiro atoms. The summed E-state index contributed by atoms with van der Waals surface area (Å²) >= 11 is 5.76. The Kier molecular flexibility index (Phi) is 4.23. The second-order valence-electron chi connectivity index (χ2n) is 3.97. The lowest BCUT2D eigenvalue weighted by Gasteiger charge is -2.08. The SMILES string of the molecule is Nc1cc(-c2ccc(OC(F)F)cc2)nc(C(=O)O)c1Cl. The number of aromatic nitrogens is 1. The topological polar surface area (TPSA) is 85.4 Å². The fourth-order valence-corrected chi connectivity index (χ4v) is 1.82. The first-order valence-corrected chi connectivity index (χ1v) is 6.01. The van der Waals surface area contributed by atoms with Gasteiger partial charge in [-0.3, -0.25) is 0 Å². The predicted octanol–water partition coefficient (Wildman–Crippen LogP) is 3.28. The van der Waals surface area contributed by atoms with Gasteiger partial charge in [-0.1, -0.05) is 11.6 Å². The molecule has 3 N–H and O–H groups in total. The molecule has 2 rings (SSSR count). The number of hydrogen-bond acceptors (Lipinski definition) is 4. The van der Waals surface area contributed by atoms with Crippen molar-refractivity contribution in [3.05, 3.63) is 41.0 Å². The van der Waals surface area contributed by atoms with E-state index in [1.54, 1.807) is 0 Å². The minimum atomic E-state index is -2.92. The van der Waals surface area contributed by atoms with Gasteiger partial charge >= 0.3 is 12.6 Å². The number of hydrogen-bond donors (Lipinski definition) is 2. The summed E-state index contributed by atoms with van der Waals surface area (Å²) in [6.07, 6.45) is 0. The van der Waals surface area contributed by atoms with Crippen molar-refractivity contribution in [1.82, 2.24) is 4.98 Å². The van der Waals surface area contributed by atoms with Crippen molar-refractivity contribution >= 4 is 23.3 Å². The molecule has 21 heavy (non-hydrogen) atoms. The first-order chi connectivity index (χ1) is 9.88. The van der Waals surface area contributed by atoms with Crippen LogP contribution in [0.5, 0.6) is 5.75 Å². The number of carboxylic acids is 1. The number of carboxylic acid groups (broad SMARTS) is 1. The third kappa shape index (κ3) is 3.38. The normalized spacial score (nSPS) is 10.7. The molecule has 0 amide bonds. The van der Waals surface area contributed by atoms with Crippen molar-refractivity contribution in [2.75, 3.05) is 5.73 Å². The summed E-state index contributed by atoms with van der Waals surface area (Å²) in [6, 6.07) is 6.94. The summed E-state index contributed by atoms with van der Waals surface area (Å²) in [4.78, 5) is 14.9. The van der Waals surface area contributed by atoms with Crippen molar-refractivity contribution in [1.29, 1.82) is 0 Å². The standard InChI is InChI=1S/C13H9ClF2N2O3/c14-10-8(17)5-9(18-11(10)12(19)20)6-1-3-7(4-2-6)21-13(15)16/h1-5,13H,(H2,17,18)(H,19,20). The van der Waals surface area contributed by atoms with Crippen LogP contribution in [0.4, 0.5) is 14.5 Å². The largest absolute Gasteiger partial charge is 0.476 e. The molecule has 0 radical (unpaired) electrons. The molecular formula is C13H9ClF2N2O3. The summed E-state index contributed by atoms with van der Waals surface area (Å²) in [5, 5.41) is 8.85. The first kappa shape index (κ1) is 15.0. The highest BCUT2D eigenvalue weighted by Gasteiger charge is 2.16. The summed E-state index contributed by atoms with van der Waals surface area (Å²) in [7, 11) is 0. The van der Waals surface area contributed by atoms with Crippen molar-refractivity contribution in [3.8, 4) is 17.0 Å². The van der Waals surface area contributed by atoms with Gasteiger partial charge in [0.05, 0.1) is 16.4 Å². The van der Waals surface area contributed by atoms with Crippen LogP contribution in [0.15, 0.2) is 30.3 Å². The number of ether oxygens (including phenoxy) is 1. The maximum atomic E-state index is 12.1. The van der Waals surface area contributed by atoms with E-state index >= 15 is 0 Å². The van der Waals surface area contributed by atoms with Gasteiger partial charge in [-0.05, 0) is 30.3 Å². The number of alkyl halides is 2. The van der Waals surface area contributed by atoms with Gasteiger partial charge in [0.25, 0.3) is 0 Å². The second-order valence-corrected chi connectivity index (χ2v) is 4.35. The number of anilines is 1. The Bertz CT molecular complexity index is 678. The van der Waals surface area contributed by atoms with Crippen LogP contribution in [-0.2, 0) is 0 Å². The molecule has 2 aromatic rings. The highest BCUT2D eigenvalue weighted by Crippen LogP contribution is 2.29. The molecule has 110 valence electrons. The van der Waals surface area contributed by atoms with E-state index in [0.29, 0.717) is 5.56 Å². The molecule has 0 aliphatic rings. The van der Waals surface area contributed by atoms with Crippen LogP contribution in [0.25, 0.3) is 11.3 Å². The van der Waals surface area contributed by atoms with Crippen molar-refractivity contribution in [2.24, 2.45) is 0 Å². The highest BCUT2D eigenvalue weighted by atomic mass is 35.5. The van der Waals surface area contributed by atoms with Crippen LogP contribution in [0.1, 0.15) is 10.5 Å². The van der Waals surface area contributed by atoms with Gasteiger partial charge in [0.2, 0.25) is 0 Å². The summed E-state index contributed by atoms with van der Waals surface area (Å²) in [6.45, 7) is -2.92. The molecule has 0 saturated carbocycles. The van der Waals surface area contributed by atoms with Crippen molar-refractivity contribution in [3.63, 3.8) is 0 Å². The zero-order chi connectivity index (χ0) is 15.6. The predicted molar refractivity (Wildman–Crippen MR) is 72.7 cm³/mol. The average molecular weight is 315 g/mol. The second kappa shape index (κ2) is 5.92. The number of aromatic carboxylic acids is 1. The van der Waals surface area contributed by atoms with Gasteiger partial charge in [-0.2, -0.15) is 8.78 Å². The fraction of sp³-hybridized carbons (Fsp3) is 0.0769. The monoisotopic (exact) mass is 314 g/mol. The maximum absolute atomic E-state index is 12.1. The van der Waals surface area contributed by atoms with Crippen LogP contribution in [-0.4, -0.2) is 22.7 Å². The molecule has 0 aliphatic heterocycles. The van der Waals surface area contributed by atoms with E-state index in [9.17, 15) is 13.6 Å².